The maximum Gasteiger partial charge on any atom is 0.371 e. The van der Waals surface area contributed by atoms with Gasteiger partial charge in [-0.3, -0.25) is 0 Å². The summed E-state index contributed by atoms with van der Waals surface area (Å²) in [6.07, 6.45) is 4.83. The molecule has 1 aromatic rings. The fourth-order valence-corrected chi connectivity index (χ4v) is 2.34. The van der Waals surface area contributed by atoms with Crippen LogP contribution in [0.25, 0.3) is 0 Å². The van der Waals surface area contributed by atoms with Crippen molar-refractivity contribution in [2.45, 2.75) is 51.6 Å². The molecule has 0 bridgehead atoms. The molecule has 4 heteroatoms. The number of furan rings is 1. The second-order valence-corrected chi connectivity index (χ2v) is 4.84. The Morgan fingerprint density at radius 2 is 2.29 bits per heavy atom. The third kappa shape index (κ3) is 2.36. The van der Waals surface area contributed by atoms with Gasteiger partial charge in [-0.1, -0.05) is 6.92 Å². The summed E-state index contributed by atoms with van der Waals surface area (Å²) in [4.78, 5) is 10.8. The number of carboxylic acid groups (broad SMARTS) is 1. The van der Waals surface area contributed by atoms with Gasteiger partial charge >= 0.3 is 5.97 Å². The molecule has 0 aliphatic heterocycles. The Morgan fingerprint density at radius 3 is 2.71 bits per heavy atom. The van der Waals surface area contributed by atoms with E-state index in [0.717, 1.165) is 12.0 Å². The molecule has 4 nitrogen and oxygen atoms in total. The molecule has 17 heavy (non-hydrogen) atoms. The fraction of sp³-hybridized carbons (Fsp3) is 0.615. The molecule has 1 aliphatic rings. The highest BCUT2D eigenvalue weighted by molar-refractivity contribution is 5.84. The molecule has 0 aromatic carbocycles. The van der Waals surface area contributed by atoms with Crippen LogP contribution in [0.4, 0.5) is 0 Å². The first-order valence-electron chi connectivity index (χ1n) is 6.14. The van der Waals surface area contributed by atoms with Crippen molar-refractivity contribution in [1.29, 1.82) is 0 Å². The first kappa shape index (κ1) is 12.2. The maximum absolute atomic E-state index is 10.8. The van der Waals surface area contributed by atoms with Gasteiger partial charge in [-0.2, -0.15) is 0 Å². The summed E-state index contributed by atoms with van der Waals surface area (Å²) in [6, 6.07) is 1.62. The molecular weight excluding hydrogens is 218 g/mol. The number of carboxylic acids is 1. The van der Waals surface area contributed by atoms with Gasteiger partial charge in [0.05, 0.1) is 0 Å². The fourth-order valence-electron chi connectivity index (χ4n) is 2.34. The van der Waals surface area contributed by atoms with Gasteiger partial charge in [-0.25, -0.2) is 4.79 Å². The lowest BCUT2D eigenvalue weighted by Crippen LogP contribution is -2.49. The van der Waals surface area contributed by atoms with Gasteiger partial charge in [-0.15, -0.1) is 0 Å². The quantitative estimate of drug-likeness (QED) is 0.826. The van der Waals surface area contributed by atoms with Crippen LogP contribution in [-0.4, -0.2) is 16.6 Å². The molecule has 0 spiro atoms. The molecule has 1 aliphatic carbocycles. The summed E-state index contributed by atoms with van der Waals surface area (Å²) in [5.41, 5.74) is 1.22. The van der Waals surface area contributed by atoms with E-state index in [1.807, 2.05) is 6.92 Å². The van der Waals surface area contributed by atoms with E-state index in [2.05, 4.69) is 12.2 Å². The van der Waals surface area contributed by atoms with Crippen LogP contribution in [0.3, 0.4) is 0 Å². The monoisotopic (exact) mass is 237 g/mol. The van der Waals surface area contributed by atoms with Crippen molar-refractivity contribution >= 4 is 5.97 Å². The number of hydrogen-bond acceptors (Lipinski definition) is 3. The minimum Gasteiger partial charge on any atom is -0.475 e. The lowest BCUT2D eigenvalue weighted by Gasteiger charge is -2.42. The molecule has 1 aromatic heterocycles. The van der Waals surface area contributed by atoms with Crippen LogP contribution in [-0.2, 0) is 6.54 Å². The highest BCUT2D eigenvalue weighted by Gasteiger charge is 2.34. The smallest absolute Gasteiger partial charge is 0.371 e. The predicted octanol–water partition coefficient (Wildman–Crippen LogP) is 2.71. The first-order valence-corrected chi connectivity index (χ1v) is 6.14. The third-order valence-corrected chi connectivity index (χ3v) is 3.87. The molecule has 1 heterocycles. The van der Waals surface area contributed by atoms with E-state index in [1.54, 1.807) is 6.07 Å². The minimum atomic E-state index is -1.01. The Kier molecular flexibility index (Phi) is 3.24. The van der Waals surface area contributed by atoms with Gasteiger partial charge < -0.3 is 14.8 Å². The number of aryl methyl sites for hydroxylation is 1. The lowest BCUT2D eigenvalue weighted by atomic mass is 9.75. The number of aromatic carboxylic acids is 1. The molecule has 0 saturated heterocycles. The van der Waals surface area contributed by atoms with Crippen molar-refractivity contribution in [2.75, 3.05) is 0 Å². The van der Waals surface area contributed by atoms with Crippen molar-refractivity contribution < 1.29 is 14.3 Å². The standard InChI is InChI=1S/C13H19NO3/c1-3-13(5-4-6-13)14-8-10-7-11(12(15)16)17-9(10)2/h7,14H,3-6,8H2,1-2H3,(H,15,16). The Hall–Kier alpha value is -1.29. The molecule has 0 unspecified atom stereocenters. The van der Waals surface area contributed by atoms with Gasteiger partial charge in [-0.05, 0) is 38.7 Å². The van der Waals surface area contributed by atoms with Gasteiger partial charge in [0, 0.05) is 17.6 Å². The Morgan fingerprint density at radius 1 is 1.59 bits per heavy atom. The van der Waals surface area contributed by atoms with Crippen LogP contribution < -0.4 is 5.32 Å². The van der Waals surface area contributed by atoms with E-state index in [0.29, 0.717) is 12.3 Å². The Balaban J connectivity index is 2.01. The van der Waals surface area contributed by atoms with Crippen molar-refractivity contribution in [3.63, 3.8) is 0 Å². The summed E-state index contributed by atoms with van der Waals surface area (Å²) < 4.78 is 5.19. The molecule has 2 rings (SSSR count). The van der Waals surface area contributed by atoms with Gasteiger partial charge in [0.15, 0.2) is 0 Å². The maximum atomic E-state index is 10.8. The summed E-state index contributed by atoms with van der Waals surface area (Å²) in [7, 11) is 0. The second kappa shape index (κ2) is 4.53. The molecule has 94 valence electrons. The first-order chi connectivity index (χ1) is 8.06. The van der Waals surface area contributed by atoms with E-state index < -0.39 is 5.97 Å². The van der Waals surface area contributed by atoms with E-state index in [4.69, 9.17) is 9.52 Å². The van der Waals surface area contributed by atoms with Crippen LogP contribution in [0.5, 0.6) is 0 Å². The summed E-state index contributed by atoms with van der Waals surface area (Å²) in [5.74, 6) is -0.285. The van der Waals surface area contributed by atoms with Crippen molar-refractivity contribution in [2.24, 2.45) is 0 Å². The number of carbonyl (C=O) groups is 1. The topological polar surface area (TPSA) is 62.5 Å². The van der Waals surface area contributed by atoms with E-state index in [9.17, 15) is 4.79 Å². The zero-order chi connectivity index (χ0) is 12.5. The van der Waals surface area contributed by atoms with Crippen molar-refractivity contribution in [1.82, 2.24) is 5.32 Å². The van der Waals surface area contributed by atoms with Crippen molar-refractivity contribution in [3.8, 4) is 0 Å². The average molecular weight is 237 g/mol. The predicted molar refractivity (Wildman–Crippen MR) is 64.1 cm³/mol. The molecule has 1 saturated carbocycles. The molecule has 0 amide bonds. The van der Waals surface area contributed by atoms with Gasteiger partial charge in [0.25, 0.3) is 0 Å². The number of nitrogens with one attached hydrogen (secondary N) is 1. The number of hydrogen-bond donors (Lipinski definition) is 2. The highest BCUT2D eigenvalue weighted by Crippen LogP contribution is 2.35. The second-order valence-electron chi connectivity index (χ2n) is 4.84. The average Bonchev–Trinajstić information content (AvgIpc) is 2.60. The normalized spacial score (nSPS) is 17.8. The molecule has 2 N–H and O–H groups in total. The van der Waals surface area contributed by atoms with Crippen LogP contribution in [0.15, 0.2) is 10.5 Å². The third-order valence-electron chi connectivity index (χ3n) is 3.87. The van der Waals surface area contributed by atoms with Crippen LogP contribution in [0, 0.1) is 6.92 Å². The largest absolute Gasteiger partial charge is 0.475 e. The molecule has 0 atom stereocenters. The Bertz CT molecular complexity index is 413. The zero-order valence-corrected chi connectivity index (χ0v) is 10.4. The van der Waals surface area contributed by atoms with Gasteiger partial charge in [0.2, 0.25) is 5.76 Å². The molecule has 1 fully saturated rings. The summed E-state index contributed by atoms with van der Waals surface area (Å²) in [5, 5.41) is 12.4. The number of rotatable bonds is 5. The minimum absolute atomic E-state index is 0.0263. The van der Waals surface area contributed by atoms with E-state index in [1.165, 1.54) is 19.3 Å². The highest BCUT2D eigenvalue weighted by atomic mass is 16.4. The molecule has 0 radical (unpaired) electrons. The van der Waals surface area contributed by atoms with Gasteiger partial charge in [0.1, 0.15) is 5.76 Å². The lowest BCUT2D eigenvalue weighted by molar-refractivity contribution is 0.0661. The van der Waals surface area contributed by atoms with E-state index in [-0.39, 0.29) is 11.3 Å². The SMILES string of the molecule is CCC1(NCc2cc(C(=O)O)oc2C)CCC1. The van der Waals surface area contributed by atoms with Crippen LogP contribution in [0.1, 0.15) is 54.5 Å². The van der Waals surface area contributed by atoms with E-state index >= 15 is 0 Å². The molecular formula is C13H19NO3. The van der Waals surface area contributed by atoms with Crippen molar-refractivity contribution in [3.05, 3.63) is 23.2 Å². The van der Waals surface area contributed by atoms with Crippen LogP contribution in [0.2, 0.25) is 0 Å². The zero-order valence-electron chi connectivity index (χ0n) is 10.4. The Labute approximate surface area is 101 Å². The van der Waals surface area contributed by atoms with Crippen LogP contribution >= 0.6 is 0 Å². The summed E-state index contributed by atoms with van der Waals surface area (Å²) in [6.45, 7) is 4.69. The summed E-state index contributed by atoms with van der Waals surface area (Å²) >= 11 is 0.